The number of likely N-dealkylation sites (N-methyl/N-ethyl adjacent to an activating group) is 1. The number of carbonyl (C=O) groups is 1. The van der Waals surface area contributed by atoms with Crippen molar-refractivity contribution in [2.45, 2.75) is 6.54 Å². The molecule has 1 rings (SSSR count). The van der Waals surface area contributed by atoms with E-state index in [4.69, 9.17) is 5.11 Å². The largest absolute Gasteiger partial charge is 0.478 e. The Hall–Kier alpha value is -1.68. The average molecular weight is 206 g/mol. The van der Waals surface area contributed by atoms with Gasteiger partial charge in [-0.05, 0) is 18.7 Å². The molecule has 0 saturated carbocycles. The molecule has 0 aliphatic rings. The fourth-order valence-electron chi connectivity index (χ4n) is 1.20. The van der Waals surface area contributed by atoms with Crippen LogP contribution in [0.15, 0.2) is 36.7 Å². The Morgan fingerprint density at radius 1 is 1.67 bits per heavy atom. The van der Waals surface area contributed by atoms with Crippen molar-refractivity contribution in [1.82, 2.24) is 9.88 Å². The first-order valence-corrected chi connectivity index (χ1v) is 4.65. The molecule has 0 atom stereocenters. The molecule has 4 nitrogen and oxygen atoms in total. The van der Waals surface area contributed by atoms with Gasteiger partial charge in [0.25, 0.3) is 0 Å². The monoisotopic (exact) mass is 206 g/mol. The van der Waals surface area contributed by atoms with Crippen molar-refractivity contribution < 1.29 is 9.90 Å². The second-order valence-corrected chi connectivity index (χ2v) is 3.30. The van der Waals surface area contributed by atoms with Gasteiger partial charge >= 0.3 is 5.97 Å². The van der Waals surface area contributed by atoms with Gasteiger partial charge in [-0.3, -0.25) is 9.88 Å². The van der Waals surface area contributed by atoms with Crippen LogP contribution < -0.4 is 0 Å². The highest BCUT2D eigenvalue weighted by atomic mass is 16.4. The average Bonchev–Trinajstić information content (AvgIpc) is 2.18. The summed E-state index contributed by atoms with van der Waals surface area (Å²) in [4.78, 5) is 16.2. The van der Waals surface area contributed by atoms with Crippen LogP contribution in [-0.4, -0.2) is 34.6 Å². The molecule has 0 aliphatic heterocycles. The summed E-state index contributed by atoms with van der Waals surface area (Å²) in [7, 11) is 1.93. The zero-order valence-electron chi connectivity index (χ0n) is 8.63. The van der Waals surface area contributed by atoms with Crippen LogP contribution in [0.1, 0.15) is 5.56 Å². The Labute approximate surface area is 88.9 Å². The molecule has 0 spiro atoms. The quantitative estimate of drug-likeness (QED) is 0.734. The lowest BCUT2D eigenvalue weighted by Gasteiger charge is -2.13. The summed E-state index contributed by atoms with van der Waals surface area (Å²) in [5, 5.41) is 8.40. The van der Waals surface area contributed by atoms with Gasteiger partial charge in [0.15, 0.2) is 0 Å². The topological polar surface area (TPSA) is 53.4 Å². The molecule has 0 aliphatic carbocycles. The highest BCUT2D eigenvalue weighted by Crippen LogP contribution is 2.00. The molecule has 0 fully saturated rings. The number of hydrogen-bond donors (Lipinski definition) is 1. The van der Waals surface area contributed by atoms with Gasteiger partial charge in [0.05, 0.1) is 0 Å². The first kappa shape index (κ1) is 11.4. The number of carboxylic acids is 1. The van der Waals surface area contributed by atoms with Crippen LogP contribution >= 0.6 is 0 Å². The van der Waals surface area contributed by atoms with Crippen molar-refractivity contribution in [3.05, 3.63) is 42.2 Å². The third-order valence-electron chi connectivity index (χ3n) is 1.85. The molecule has 0 amide bonds. The third kappa shape index (κ3) is 4.93. The molecule has 1 aromatic rings. The zero-order chi connectivity index (χ0) is 11.1. The van der Waals surface area contributed by atoms with Crippen LogP contribution in [-0.2, 0) is 11.3 Å². The van der Waals surface area contributed by atoms with Crippen molar-refractivity contribution >= 4 is 5.97 Å². The van der Waals surface area contributed by atoms with Gasteiger partial charge < -0.3 is 5.11 Å². The number of pyridine rings is 1. The number of rotatable bonds is 5. The summed E-state index contributed by atoms with van der Waals surface area (Å²) in [5.74, 6) is -0.912. The van der Waals surface area contributed by atoms with E-state index < -0.39 is 5.97 Å². The van der Waals surface area contributed by atoms with Crippen molar-refractivity contribution in [3.63, 3.8) is 0 Å². The number of carboxylic acid groups (broad SMARTS) is 1. The molecule has 0 unspecified atom stereocenters. The van der Waals surface area contributed by atoms with Gasteiger partial charge in [-0.15, -0.1) is 0 Å². The maximum atomic E-state index is 10.2. The van der Waals surface area contributed by atoms with Crippen LogP contribution in [0.25, 0.3) is 0 Å². The van der Waals surface area contributed by atoms with Crippen molar-refractivity contribution in [1.29, 1.82) is 0 Å². The van der Waals surface area contributed by atoms with E-state index in [0.29, 0.717) is 6.54 Å². The van der Waals surface area contributed by atoms with E-state index in [1.807, 2.05) is 24.1 Å². The number of hydrogen-bond acceptors (Lipinski definition) is 3. The highest BCUT2D eigenvalue weighted by molar-refractivity contribution is 5.79. The van der Waals surface area contributed by atoms with Gasteiger partial charge in [0.2, 0.25) is 0 Å². The Morgan fingerprint density at radius 2 is 2.47 bits per heavy atom. The molecule has 0 aromatic carbocycles. The van der Waals surface area contributed by atoms with Crippen molar-refractivity contribution in [3.8, 4) is 0 Å². The van der Waals surface area contributed by atoms with Gasteiger partial charge in [-0.1, -0.05) is 12.1 Å². The minimum absolute atomic E-state index is 0.612. The maximum absolute atomic E-state index is 10.2. The number of nitrogens with zero attached hydrogens (tertiary/aromatic N) is 2. The lowest BCUT2D eigenvalue weighted by Crippen LogP contribution is -2.17. The number of aromatic nitrogens is 1. The molecule has 1 aromatic heterocycles. The normalized spacial score (nSPS) is 11.1. The predicted molar refractivity (Wildman–Crippen MR) is 57.3 cm³/mol. The minimum Gasteiger partial charge on any atom is -0.478 e. The van der Waals surface area contributed by atoms with Crippen LogP contribution in [0.2, 0.25) is 0 Å². The molecular formula is C11H14N2O2. The SMILES string of the molecule is CN(CC=CC(=O)O)Cc1cccnc1. The summed E-state index contributed by atoms with van der Waals surface area (Å²) in [5.41, 5.74) is 1.11. The molecule has 1 heterocycles. The van der Waals surface area contributed by atoms with E-state index in [0.717, 1.165) is 18.2 Å². The van der Waals surface area contributed by atoms with E-state index in [9.17, 15) is 4.79 Å². The molecule has 15 heavy (non-hydrogen) atoms. The van der Waals surface area contributed by atoms with Gasteiger partial charge in [-0.25, -0.2) is 4.79 Å². The van der Waals surface area contributed by atoms with E-state index in [1.165, 1.54) is 0 Å². The first-order chi connectivity index (χ1) is 7.18. The van der Waals surface area contributed by atoms with E-state index >= 15 is 0 Å². The standard InChI is InChI=1S/C11H14N2O2/c1-13(7-3-5-11(14)15)9-10-4-2-6-12-8-10/h2-6,8H,7,9H2,1H3,(H,14,15). The zero-order valence-corrected chi connectivity index (χ0v) is 8.63. The lowest BCUT2D eigenvalue weighted by molar-refractivity contribution is -0.131. The Bertz CT molecular complexity index is 336. The summed E-state index contributed by atoms with van der Waals surface area (Å²) in [6, 6.07) is 3.88. The molecule has 0 radical (unpaired) electrons. The fraction of sp³-hybridized carbons (Fsp3) is 0.273. The summed E-state index contributed by atoms with van der Waals surface area (Å²) >= 11 is 0. The van der Waals surface area contributed by atoms with Crippen LogP contribution in [0.5, 0.6) is 0 Å². The van der Waals surface area contributed by atoms with Crippen LogP contribution in [0.4, 0.5) is 0 Å². The molecular weight excluding hydrogens is 192 g/mol. The van der Waals surface area contributed by atoms with E-state index in [1.54, 1.807) is 18.5 Å². The lowest BCUT2D eigenvalue weighted by atomic mass is 10.3. The predicted octanol–water partition coefficient (Wildman–Crippen LogP) is 1.15. The van der Waals surface area contributed by atoms with Gasteiger partial charge in [0.1, 0.15) is 0 Å². The van der Waals surface area contributed by atoms with Crippen LogP contribution in [0, 0.1) is 0 Å². The van der Waals surface area contributed by atoms with Crippen molar-refractivity contribution in [2.24, 2.45) is 0 Å². The van der Waals surface area contributed by atoms with E-state index in [2.05, 4.69) is 4.98 Å². The second kappa shape index (κ2) is 5.93. The summed E-state index contributed by atoms with van der Waals surface area (Å²) in [6.45, 7) is 1.37. The molecule has 1 N–H and O–H groups in total. The summed E-state index contributed by atoms with van der Waals surface area (Å²) in [6.07, 6.45) is 6.31. The molecule has 0 saturated heterocycles. The second-order valence-electron chi connectivity index (χ2n) is 3.30. The van der Waals surface area contributed by atoms with Gasteiger partial charge in [-0.2, -0.15) is 0 Å². The third-order valence-corrected chi connectivity index (χ3v) is 1.85. The highest BCUT2D eigenvalue weighted by Gasteiger charge is 1.97. The maximum Gasteiger partial charge on any atom is 0.328 e. The van der Waals surface area contributed by atoms with E-state index in [-0.39, 0.29) is 0 Å². The first-order valence-electron chi connectivity index (χ1n) is 4.65. The molecule has 80 valence electrons. The Morgan fingerprint density at radius 3 is 3.07 bits per heavy atom. The Balaban J connectivity index is 2.36. The molecule has 4 heteroatoms. The van der Waals surface area contributed by atoms with Crippen molar-refractivity contribution in [2.75, 3.05) is 13.6 Å². The van der Waals surface area contributed by atoms with Crippen LogP contribution in [0.3, 0.4) is 0 Å². The fourth-order valence-corrected chi connectivity index (χ4v) is 1.20. The Kier molecular flexibility index (Phi) is 4.50. The smallest absolute Gasteiger partial charge is 0.328 e. The minimum atomic E-state index is -0.912. The van der Waals surface area contributed by atoms with Gasteiger partial charge in [0, 0.05) is 31.6 Å². The summed E-state index contributed by atoms with van der Waals surface area (Å²) < 4.78 is 0. The molecule has 0 bridgehead atoms. The number of aliphatic carboxylic acids is 1.